The Balaban J connectivity index is 3.09. The highest BCUT2D eigenvalue weighted by molar-refractivity contribution is 7.89. The van der Waals surface area contributed by atoms with E-state index in [1.54, 1.807) is 13.8 Å². The smallest absolute Gasteiger partial charge is 0.294 e. The molecule has 118 valence electrons. The van der Waals surface area contributed by atoms with Crippen LogP contribution in [0.4, 0.5) is 11.4 Å². The molecule has 0 amide bonds. The number of methoxy groups -OCH3 is 1. The molecule has 10 heteroatoms. The predicted molar refractivity (Wildman–Crippen MR) is 77.2 cm³/mol. The molecule has 0 heterocycles. The summed E-state index contributed by atoms with van der Waals surface area (Å²) in [6, 6.07) is 3.40. The standard InChI is InChI=1S/C11H18N4O5S/c1-11(2,20-3)7-13-21(18,19)8-4-5-9(14-12)10(6-8)15(16)17/h4-6,13-14H,7,12H2,1-3H3. The van der Waals surface area contributed by atoms with Crippen LogP contribution in [0.15, 0.2) is 23.1 Å². The second-order valence-corrected chi connectivity index (χ2v) is 6.64. The molecule has 0 spiro atoms. The molecule has 0 aliphatic rings. The Bertz CT molecular complexity index is 630. The van der Waals surface area contributed by atoms with Crippen LogP contribution in [0.5, 0.6) is 0 Å². The van der Waals surface area contributed by atoms with Gasteiger partial charge in [-0.25, -0.2) is 13.1 Å². The summed E-state index contributed by atoms with van der Waals surface area (Å²) in [5, 5.41) is 10.9. The number of nitro benzene ring substituents is 1. The van der Waals surface area contributed by atoms with Crippen molar-refractivity contribution >= 4 is 21.4 Å². The van der Waals surface area contributed by atoms with Crippen LogP contribution >= 0.6 is 0 Å². The molecule has 0 aliphatic carbocycles. The molecule has 0 atom stereocenters. The van der Waals surface area contributed by atoms with E-state index in [2.05, 4.69) is 10.1 Å². The fourth-order valence-electron chi connectivity index (χ4n) is 1.38. The van der Waals surface area contributed by atoms with E-state index in [1.165, 1.54) is 19.2 Å². The molecule has 0 fully saturated rings. The van der Waals surface area contributed by atoms with Crippen molar-refractivity contribution in [2.24, 2.45) is 5.84 Å². The number of benzene rings is 1. The number of nitrogens with one attached hydrogen (secondary N) is 2. The van der Waals surface area contributed by atoms with Gasteiger partial charge in [0, 0.05) is 19.7 Å². The van der Waals surface area contributed by atoms with Crippen LogP contribution in [0.2, 0.25) is 0 Å². The van der Waals surface area contributed by atoms with E-state index in [1.807, 2.05) is 0 Å². The van der Waals surface area contributed by atoms with Crippen LogP contribution < -0.4 is 16.0 Å². The normalized spacial score (nSPS) is 12.2. The highest BCUT2D eigenvalue weighted by atomic mass is 32.2. The number of anilines is 1. The van der Waals surface area contributed by atoms with Gasteiger partial charge in [0.05, 0.1) is 15.4 Å². The molecular formula is C11H18N4O5S. The van der Waals surface area contributed by atoms with E-state index in [-0.39, 0.29) is 17.1 Å². The quantitative estimate of drug-likeness (QED) is 0.380. The molecule has 9 nitrogen and oxygen atoms in total. The minimum atomic E-state index is -3.89. The third-order valence-corrected chi connectivity index (χ3v) is 4.27. The van der Waals surface area contributed by atoms with Gasteiger partial charge >= 0.3 is 0 Å². The maximum Gasteiger partial charge on any atom is 0.294 e. The molecule has 0 unspecified atom stereocenters. The van der Waals surface area contributed by atoms with Gasteiger partial charge in [0.25, 0.3) is 5.69 Å². The lowest BCUT2D eigenvalue weighted by atomic mass is 10.1. The molecule has 1 aromatic carbocycles. The number of nitrogen functional groups attached to an aromatic ring is 1. The first-order chi connectivity index (χ1) is 9.63. The summed E-state index contributed by atoms with van der Waals surface area (Å²) in [6.45, 7) is 3.44. The first kappa shape index (κ1) is 17.3. The maximum atomic E-state index is 12.1. The van der Waals surface area contributed by atoms with Crippen molar-refractivity contribution in [3.63, 3.8) is 0 Å². The van der Waals surface area contributed by atoms with Crippen LogP contribution in [0.25, 0.3) is 0 Å². The van der Waals surface area contributed by atoms with Crippen LogP contribution in [-0.2, 0) is 14.8 Å². The number of nitrogens with two attached hydrogens (primary N) is 1. The van der Waals surface area contributed by atoms with E-state index in [4.69, 9.17) is 10.6 Å². The molecule has 0 bridgehead atoms. The van der Waals surface area contributed by atoms with E-state index in [0.717, 1.165) is 6.07 Å². The lowest BCUT2D eigenvalue weighted by Crippen LogP contribution is -2.39. The van der Waals surface area contributed by atoms with Gasteiger partial charge in [-0.15, -0.1) is 0 Å². The molecular weight excluding hydrogens is 300 g/mol. The van der Waals surface area contributed by atoms with E-state index < -0.39 is 26.2 Å². The number of sulfonamides is 1. The van der Waals surface area contributed by atoms with Gasteiger partial charge in [-0.05, 0) is 26.0 Å². The van der Waals surface area contributed by atoms with Crippen LogP contribution in [-0.4, -0.2) is 32.6 Å². The predicted octanol–water partition coefficient (Wildman–Crippen LogP) is 0.584. The molecule has 0 aromatic heterocycles. The van der Waals surface area contributed by atoms with Crippen molar-refractivity contribution in [1.82, 2.24) is 4.72 Å². The summed E-state index contributed by atoms with van der Waals surface area (Å²) in [7, 11) is -2.43. The van der Waals surface area contributed by atoms with Gasteiger partial charge in [-0.1, -0.05) is 0 Å². The number of ether oxygens (including phenoxy) is 1. The summed E-state index contributed by atoms with van der Waals surface area (Å²) in [4.78, 5) is 9.96. The molecule has 0 saturated carbocycles. The Kier molecular flexibility index (Phi) is 5.23. The van der Waals surface area contributed by atoms with Gasteiger partial charge in [0.15, 0.2) is 0 Å². The van der Waals surface area contributed by atoms with Gasteiger partial charge in [-0.3, -0.25) is 16.0 Å². The molecule has 1 aromatic rings. The Hall–Kier alpha value is -1.75. The fourth-order valence-corrected chi connectivity index (χ4v) is 2.59. The molecule has 0 saturated heterocycles. The Labute approximate surface area is 122 Å². The average molecular weight is 318 g/mol. The van der Waals surface area contributed by atoms with Gasteiger partial charge in [-0.2, -0.15) is 0 Å². The van der Waals surface area contributed by atoms with Crippen molar-refractivity contribution in [1.29, 1.82) is 0 Å². The van der Waals surface area contributed by atoms with Crippen molar-refractivity contribution < 1.29 is 18.1 Å². The maximum absolute atomic E-state index is 12.1. The summed E-state index contributed by atoms with van der Waals surface area (Å²) in [6.07, 6.45) is 0. The number of rotatable bonds is 7. The first-order valence-electron chi connectivity index (χ1n) is 5.93. The Morgan fingerprint density at radius 1 is 1.43 bits per heavy atom. The fraction of sp³-hybridized carbons (Fsp3) is 0.455. The Morgan fingerprint density at radius 2 is 2.05 bits per heavy atom. The lowest BCUT2D eigenvalue weighted by molar-refractivity contribution is -0.384. The monoisotopic (exact) mass is 318 g/mol. The highest BCUT2D eigenvalue weighted by Crippen LogP contribution is 2.26. The summed E-state index contributed by atoms with van der Waals surface area (Å²) >= 11 is 0. The topological polar surface area (TPSA) is 137 Å². The van der Waals surface area contributed by atoms with E-state index >= 15 is 0 Å². The molecule has 21 heavy (non-hydrogen) atoms. The Morgan fingerprint density at radius 3 is 2.52 bits per heavy atom. The van der Waals surface area contributed by atoms with E-state index in [9.17, 15) is 18.5 Å². The number of nitro groups is 1. The zero-order valence-electron chi connectivity index (χ0n) is 11.9. The largest absolute Gasteiger partial charge is 0.377 e. The molecule has 0 aliphatic heterocycles. The van der Waals surface area contributed by atoms with Crippen molar-refractivity contribution in [3.8, 4) is 0 Å². The number of nitrogens with zero attached hydrogens (tertiary/aromatic N) is 1. The van der Waals surface area contributed by atoms with Crippen LogP contribution in [0.1, 0.15) is 13.8 Å². The number of hydrazine groups is 1. The molecule has 1 rings (SSSR count). The second kappa shape index (κ2) is 6.35. The first-order valence-corrected chi connectivity index (χ1v) is 7.41. The minimum absolute atomic E-state index is 0.0242. The summed E-state index contributed by atoms with van der Waals surface area (Å²) in [5.74, 6) is 5.15. The zero-order valence-corrected chi connectivity index (χ0v) is 12.7. The second-order valence-electron chi connectivity index (χ2n) is 4.87. The van der Waals surface area contributed by atoms with Crippen LogP contribution in [0, 0.1) is 10.1 Å². The number of hydrogen-bond acceptors (Lipinski definition) is 7. The highest BCUT2D eigenvalue weighted by Gasteiger charge is 2.24. The summed E-state index contributed by atoms with van der Waals surface area (Å²) in [5.41, 5.74) is 1.05. The molecule has 4 N–H and O–H groups in total. The average Bonchev–Trinajstić information content (AvgIpc) is 2.44. The van der Waals surface area contributed by atoms with Crippen molar-refractivity contribution in [2.75, 3.05) is 19.1 Å². The van der Waals surface area contributed by atoms with Gasteiger partial charge in [0.1, 0.15) is 5.69 Å². The minimum Gasteiger partial charge on any atom is -0.377 e. The van der Waals surface area contributed by atoms with Crippen molar-refractivity contribution in [3.05, 3.63) is 28.3 Å². The lowest BCUT2D eigenvalue weighted by Gasteiger charge is -2.23. The van der Waals surface area contributed by atoms with E-state index in [0.29, 0.717) is 0 Å². The zero-order chi connectivity index (χ0) is 16.3. The third-order valence-electron chi connectivity index (χ3n) is 2.87. The van der Waals surface area contributed by atoms with Crippen molar-refractivity contribution in [2.45, 2.75) is 24.3 Å². The SMILES string of the molecule is COC(C)(C)CNS(=O)(=O)c1ccc(NN)c([N+](=O)[O-])c1. The summed E-state index contributed by atoms with van der Waals surface area (Å²) < 4.78 is 31.7. The number of hydrogen-bond donors (Lipinski definition) is 3. The van der Waals surface area contributed by atoms with Crippen LogP contribution in [0.3, 0.4) is 0 Å². The van der Waals surface area contributed by atoms with Gasteiger partial charge < -0.3 is 10.2 Å². The molecule has 0 radical (unpaired) electrons. The third kappa shape index (κ3) is 4.36. The van der Waals surface area contributed by atoms with Gasteiger partial charge in [0.2, 0.25) is 10.0 Å².